The highest BCUT2D eigenvalue weighted by molar-refractivity contribution is 5.81. The maximum atomic E-state index is 11.6. The first-order valence-corrected chi connectivity index (χ1v) is 6.00. The van der Waals surface area contributed by atoms with E-state index in [9.17, 15) is 4.79 Å². The zero-order valence-electron chi connectivity index (χ0n) is 10.2. The molecule has 0 aliphatic heterocycles. The minimum atomic E-state index is -0.338. The summed E-state index contributed by atoms with van der Waals surface area (Å²) in [6.45, 7) is 6.48. The molecule has 0 aromatic rings. The lowest BCUT2D eigenvalue weighted by atomic mass is 9.75. The molecule has 3 heteroatoms. The molecule has 1 aliphatic rings. The van der Waals surface area contributed by atoms with Crippen molar-refractivity contribution in [3.63, 3.8) is 0 Å². The monoisotopic (exact) mass is 212 g/mol. The van der Waals surface area contributed by atoms with Gasteiger partial charge in [-0.25, -0.2) is 0 Å². The number of carbonyl (C=O) groups excluding carboxylic acids is 1. The molecule has 0 radical (unpaired) electrons. The SMILES string of the molecule is CC[C@@H](N)C(=O)NC1CCCC(C)(C)C1. The number of rotatable bonds is 3. The number of carbonyl (C=O) groups is 1. The Labute approximate surface area is 92.8 Å². The molecule has 0 bridgehead atoms. The third-order valence-electron chi connectivity index (χ3n) is 3.33. The van der Waals surface area contributed by atoms with E-state index in [4.69, 9.17) is 5.73 Å². The maximum Gasteiger partial charge on any atom is 0.237 e. The van der Waals surface area contributed by atoms with Gasteiger partial charge < -0.3 is 11.1 Å². The Hall–Kier alpha value is -0.570. The summed E-state index contributed by atoms with van der Waals surface area (Å²) in [6, 6.07) is -0.00566. The summed E-state index contributed by atoms with van der Waals surface area (Å²) in [5.74, 6) is 0.0141. The van der Waals surface area contributed by atoms with E-state index in [1.807, 2.05) is 6.92 Å². The first-order chi connectivity index (χ1) is 6.94. The van der Waals surface area contributed by atoms with Crippen molar-refractivity contribution in [2.45, 2.75) is 65.0 Å². The smallest absolute Gasteiger partial charge is 0.237 e. The lowest BCUT2D eigenvalue weighted by Gasteiger charge is -2.35. The molecule has 1 fully saturated rings. The van der Waals surface area contributed by atoms with E-state index in [2.05, 4.69) is 19.2 Å². The van der Waals surface area contributed by atoms with Gasteiger partial charge in [0.25, 0.3) is 0 Å². The standard InChI is InChI=1S/C12H24N2O/c1-4-10(13)11(15)14-9-6-5-7-12(2,3)8-9/h9-10H,4-8,13H2,1-3H3,(H,14,15)/t9?,10-/m1/s1. The molecule has 0 spiro atoms. The van der Waals surface area contributed by atoms with E-state index in [-0.39, 0.29) is 11.9 Å². The molecule has 1 rings (SSSR count). The van der Waals surface area contributed by atoms with Crippen molar-refractivity contribution >= 4 is 5.91 Å². The molecule has 3 N–H and O–H groups in total. The van der Waals surface area contributed by atoms with Crippen molar-refractivity contribution in [2.24, 2.45) is 11.1 Å². The Morgan fingerprint density at radius 1 is 1.60 bits per heavy atom. The maximum absolute atomic E-state index is 11.6. The van der Waals surface area contributed by atoms with Crippen LogP contribution in [0.25, 0.3) is 0 Å². The summed E-state index contributed by atoms with van der Waals surface area (Å²) in [5.41, 5.74) is 6.06. The van der Waals surface area contributed by atoms with Gasteiger partial charge in [-0.05, 0) is 31.1 Å². The van der Waals surface area contributed by atoms with Gasteiger partial charge in [0.05, 0.1) is 6.04 Å². The summed E-state index contributed by atoms with van der Waals surface area (Å²) in [6.07, 6.45) is 5.36. The number of nitrogens with two attached hydrogens (primary N) is 1. The molecule has 1 amide bonds. The third-order valence-corrected chi connectivity index (χ3v) is 3.33. The van der Waals surface area contributed by atoms with Crippen molar-refractivity contribution in [3.8, 4) is 0 Å². The van der Waals surface area contributed by atoms with Gasteiger partial charge in [-0.2, -0.15) is 0 Å². The fourth-order valence-electron chi connectivity index (χ4n) is 2.31. The molecule has 2 atom stereocenters. The predicted molar refractivity (Wildman–Crippen MR) is 62.4 cm³/mol. The van der Waals surface area contributed by atoms with Gasteiger partial charge in [-0.3, -0.25) is 4.79 Å². The molecule has 3 nitrogen and oxygen atoms in total. The van der Waals surface area contributed by atoms with Gasteiger partial charge in [-0.15, -0.1) is 0 Å². The van der Waals surface area contributed by atoms with Crippen molar-refractivity contribution in [3.05, 3.63) is 0 Å². The van der Waals surface area contributed by atoms with Crippen LogP contribution in [-0.2, 0) is 4.79 Å². The largest absolute Gasteiger partial charge is 0.352 e. The van der Waals surface area contributed by atoms with Crippen molar-refractivity contribution < 1.29 is 4.79 Å². The van der Waals surface area contributed by atoms with Gasteiger partial charge in [0.2, 0.25) is 5.91 Å². The van der Waals surface area contributed by atoms with Gasteiger partial charge >= 0.3 is 0 Å². The van der Waals surface area contributed by atoms with E-state index in [1.54, 1.807) is 0 Å². The first kappa shape index (κ1) is 12.5. The van der Waals surface area contributed by atoms with Crippen molar-refractivity contribution in [1.29, 1.82) is 0 Å². The second kappa shape index (κ2) is 4.97. The Morgan fingerprint density at radius 2 is 2.27 bits per heavy atom. The van der Waals surface area contributed by atoms with Crippen LogP contribution in [0, 0.1) is 5.41 Å². The Morgan fingerprint density at radius 3 is 2.80 bits per heavy atom. The van der Waals surface area contributed by atoms with E-state index < -0.39 is 0 Å². The summed E-state index contributed by atoms with van der Waals surface area (Å²) in [7, 11) is 0. The fourth-order valence-corrected chi connectivity index (χ4v) is 2.31. The zero-order valence-corrected chi connectivity index (χ0v) is 10.2. The summed E-state index contributed by atoms with van der Waals surface area (Å²) >= 11 is 0. The highest BCUT2D eigenvalue weighted by atomic mass is 16.2. The molecule has 0 heterocycles. The Bertz CT molecular complexity index is 226. The van der Waals surface area contributed by atoms with Gasteiger partial charge in [0.1, 0.15) is 0 Å². The van der Waals surface area contributed by atoms with Crippen molar-refractivity contribution in [2.75, 3.05) is 0 Å². The molecule has 0 aromatic carbocycles. The van der Waals surface area contributed by atoms with Crippen LogP contribution >= 0.6 is 0 Å². The zero-order chi connectivity index (χ0) is 11.5. The minimum absolute atomic E-state index is 0.0141. The van der Waals surface area contributed by atoms with Crippen LogP contribution in [0.15, 0.2) is 0 Å². The second-order valence-corrected chi connectivity index (χ2v) is 5.48. The molecule has 0 saturated heterocycles. The second-order valence-electron chi connectivity index (χ2n) is 5.48. The number of nitrogens with one attached hydrogen (secondary N) is 1. The highest BCUT2D eigenvalue weighted by Crippen LogP contribution is 2.35. The fraction of sp³-hybridized carbons (Fsp3) is 0.917. The number of hydrogen-bond donors (Lipinski definition) is 2. The molecule has 1 unspecified atom stereocenters. The van der Waals surface area contributed by atoms with E-state index >= 15 is 0 Å². The average Bonchev–Trinajstić information content (AvgIpc) is 2.14. The lowest BCUT2D eigenvalue weighted by molar-refractivity contribution is -0.123. The number of amides is 1. The molecule has 1 aliphatic carbocycles. The van der Waals surface area contributed by atoms with Crippen LogP contribution in [0.4, 0.5) is 0 Å². The summed E-state index contributed by atoms with van der Waals surface area (Å²) in [4.78, 5) is 11.6. The van der Waals surface area contributed by atoms with E-state index in [0.717, 1.165) is 12.8 Å². The molecule has 0 aromatic heterocycles. The van der Waals surface area contributed by atoms with Crippen LogP contribution in [0.3, 0.4) is 0 Å². The molecular formula is C12H24N2O. The predicted octanol–water partition coefficient (Wildman–Crippen LogP) is 1.81. The van der Waals surface area contributed by atoms with Crippen LogP contribution in [0.5, 0.6) is 0 Å². The minimum Gasteiger partial charge on any atom is -0.352 e. The van der Waals surface area contributed by atoms with E-state index in [1.165, 1.54) is 12.8 Å². The Balaban J connectivity index is 2.41. The van der Waals surface area contributed by atoms with Crippen LogP contribution < -0.4 is 11.1 Å². The summed E-state index contributed by atoms with van der Waals surface area (Å²) in [5, 5.41) is 3.06. The molecule has 1 saturated carbocycles. The lowest BCUT2D eigenvalue weighted by Crippen LogP contribution is -2.47. The van der Waals surface area contributed by atoms with Gasteiger partial charge in [0, 0.05) is 6.04 Å². The third kappa shape index (κ3) is 3.82. The molecular weight excluding hydrogens is 188 g/mol. The van der Waals surface area contributed by atoms with Crippen LogP contribution in [0.2, 0.25) is 0 Å². The van der Waals surface area contributed by atoms with Crippen LogP contribution in [-0.4, -0.2) is 18.0 Å². The molecule has 15 heavy (non-hydrogen) atoms. The van der Waals surface area contributed by atoms with E-state index in [0.29, 0.717) is 17.9 Å². The quantitative estimate of drug-likeness (QED) is 0.749. The number of hydrogen-bond acceptors (Lipinski definition) is 2. The Kier molecular flexibility index (Phi) is 4.14. The van der Waals surface area contributed by atoms with Gasteiger partial charge in [0.15, 0.2) is 0 Å². The van der Waals surface area contributed by atoms with Crippen molar-refractivity contribution in [1.82, 2.24) is 5.32 Å². The van der Waals surface area contributed by atoms with Gasteiger partial charge in [-0.1, -0.05) is 27.2 Å². The molecule has 88 valence electrons. The average molecular weight is 212 g/mol. The normalized spacial score (nSPS) is 27.1. The topological polar surface area (TPSA) is 55.1 Å². The highest BCUT2D eigenvalue weighted by Gasteiger charge is 2.29. The first-order valence-electron chi connectivity index (χ1n) is 6.00. The van der Waals surface area contributed by atoms with Crippen LogP contribution in [0.1, 0.15) is 52.9 Å². The summed E-state index contributed by atoms with van der Waals surface area (Å²) < 4.78 is 0.